The Kier molecular flexibility index (Phi) is 21.6. The van der Waals surface area contributed by atoms with E-state index >= 15 is 0 Å². The van der Waals surface area contributed by atoms with Crippen LogP contribution in [0.4, 0.5) is 0 Å². The lowest BCUT2D eigenvalue weighted by molar-refractivity contribution is -0.266. The third kappa shape index (κ3) is 14.6. The molecule has 14 heteroatoms. The van der Waals surface area contributed by atoms with Crippen LogP contribution in [0.2, 0.25) is 0 Å². The smallest absolute Gasteiger partial charge is 0.329 e. The van der Waals surface area contributed by atoms with Crippen LogP contribution in [0, 0.1) is 35.5 Å². The number of Topliss-reactive ketones (excluding diaryl/α,β-unsaturated/α-hetero) is 3. The number of hydrogen-bond acceptors (Lipinski definition) is 13. The highest BCUT2D eigenvalue weighted by Crippen LogP contribution is 2.38. The summed E-state index contributed by atoms with van der Waals surface area (Å²) in [6.45, 7) is 15.1. The van der Waals surface area contributed by atoms with Crippen molar-refractivity contribution in [3.05, 3.63) is 47.6 Å². The minimum absolute atomic E-state index is 0.0188. The van der Waals surface area contributed by atoms with Crippen LogP contribution < -0.4 is 0 Å². The largest absolute Gasteiger partial charge is 0.460 e. The summed E-state index contributed by atoms with van der Waals surface area (Å²) in [7, 11) is 2.95. The maximum atomic E-state index is 14.4. The van der Waals surface area contributed by atoms with Gasteiger partial charge in [0.05, 0.1) is 24.4 Å². The molecule has 2 bridgehead atoms. The Morgan fingerprint density at radius 3 is 2.29 bits per heavy atom. The number of rotatable bonds is 7. The average Bonchev–Trinajstić information content (AvgIpc) is 3.29. The molecule has 3 heterocycles. The van der Waals surface area contributed by atoms with Crippen LogP contribution in [-0.4, -0.2) is 131 Å². The van der Waals surface area contributed by atoms with E-state index < -0.39 is 83.9 Å². The van der Waals surface area contributed by atoms with Crippen molar-refractivity contribution >= 4 is 29.2 Å². The number of fused-ring (bicyclic) bond motifs is 3. The molecule has 0 unspecified atom stereocenters. The molecule has 4 rings (SSSR count). The highest BCUT2D eigenvalue weighted by molar-refractivity contribution is 6.39. The summed E-state index contributed by atoms with van der Waals surface area (Å²) in [5.41, 5.74) is 1.29. The number of carbonyl (C=O) groups is 5. The van der Waals surface area contributed by atoms with Gasteiger partial charge in [0, 0.05) is 58.0 Å². The van der Waals surface area contributed by atoms with Gasteiger partial charge in [0.2, 0.25) is 5.79 Å². The lowest BCUT2D eigenvalue weighted by Crippen LogP contribution is -2.61. The minimum Gasteiger partial charge on any atom is -0.460 e. The standard InChI is InChI=1S/C52H81NO13/c1-11-64-43-29-39-22-20-37(8)52(61,66-39)49(58)50(59)53-24-16-15-19-40(53)51(60)65-44(34(5)27-38-21-23-41(54)45(28-38)62-9)30-42(55)33(4)26-36(7)47(57)48(63-10)46(56)35(6)25-31(2)17-13-12-14-18-32(43)3/h12-14,17-18,26,31,33-35,37-41,43-45,47-48,54,57,61H,11,15-16,19-25,27-30H2,1-10H3/t31-,33-,34-,35-,37-,38+,39+,40+,41-,43+,44+,45-,47-,48+,52-/m1/s1. The number of allylic oxidation sites excluding steroid dienone is 6. The third-order valence-corrected chi connectivity index (χ3v) is 14.6. The average molecular weight is 928 g/mol. The summed E-state index contributed by atoms with van der Waals surface area (Å²) in [5.74, 6) is -7.95. The van der Waals surface area contributed by atoms with Crippen molar-refractivity contribution in [1.29, 1.82) is 0 Å². The van der Waals surface area contributed by atoms with Gasteiger partial charge in [-0.15, -0.1) is 0 Å². The van der Waals surface area contributed by atoms with Crippen molar-refractivity contribution in [2.75, 3.05) is 27.4 Å². The summed E-state index contributed by atoms with van der Waals surface area (Å²) in [6.07, 6.45) is 11.3. The minimum atomic E-state index is -2.43. The molecule has 1 aliphatic carbocycles. The number of carbonyl (C=O) groups excluding carboxylic acids is 5. The molecular weight excluding hydrogens is 847 g/mol. The first-order chi connectivity index (χ1) is 31.2. The zero-order valence-electron chi connectivity index (χ0n) is 41.3. The molecule has 0 aromatic carbocycles. The molecule has 3 aliphatic heterocycles. The molecule has 14 nitrogen and oxygen atoms in total. The van der Waals surface area contributed by atoms with Crippen LogP contribution in [0.1, 0.15) is 132 Å². The monoisotopic (exact) mass is 928 g/mol. The molecule has 2 saturated heterocycles. The predicted octanol–water partition coefficient (Wildman–Crippen LogP) is 6.57. The second-order valence-corrected chi connectivity index (χ2v) is 19.8. The summed E-state index contributed by atoms with van der Waals surface area (Å²) >= 11 is 0. The van der Waals surface area contributed by atoms with E-state index in [1.54, 1.807) is 34.0 Å². The Hall–Kier alpha value is -3.37. The molecule has 1 amide bonds. The SMILES string of the molecule is CCO[C@H]1C[C@@H]2CC[C@@H](C)[C@@](O)(O2)C(=O)C(=O)N2CCCC[C@H]2C(=O)O[C@H]([C@H](C)C[C@@H]2CC[C@@H](O)[C@H](OC)C2)CC(=O)[C@H](C)C=C(C)[C@@H](O)[C@@H](OC)C(=O)[C@H](C)C[C@H](C)C=CC=CC=C1C. The van der Waals surface area contributed by atoms with Crippen molar-refractivity contribution in [3.8, 4) is 0 Å². The van der Waals surface area contributed by atoms with Crippen molar-refractivity contribution in [3.63, 3.8) is 0 Å². The lowest BCUT2D eigenvalue weighted by Gasteiger charge is -2.43. The van der Waals surface area contributed by atoms with Crippen molar-refractivity contribution in [2.45, 2.75) is 187 Å². The Morgan fingerprint density at radius 1 is 0.879 bits per heavy atom. The fourth-order valence-electron chi connectivity index (χ4n) is 10.2. The van der Waals surface area contributed by atoms with Gasteiger partial charge in [-0.1, -0.05) is 71.1 Å². The second kappa shape index (κ2) is 25.8. The lowest BCUT2D eigenvalue weighted by atomic mass is 9.78. The quantitative estimate of drug-likeness (QED) is 0.141. The van der Waals surface area contributed by atoms with Crippen LogP contribution in [-0.2, 0) is 47.7 Å². The molecule has 0 aromatic rings. The van der Waals surface area contributed by atoms with E-state index in [2.05, 4.69) is 0 Å². The van der Waals surface area contributed by atoms with Gasteiger partial charge in [-0.2, -0.15) is 0 Å². The number of aliphatic hydroxyl groups is 3. The van der Waals surface area contributed by atoms with Gasteiger partial charge in [0.1, 0.15) is 30.1 Å². The number of amides is 1. The molecule has 0 radical (unpaired) electrons. The van der Waals surface area contributed by atoms with Crippen molar-refractivity contribution in [2.24, 2.45) is 35.5 Å². The molecule has 0 spiro atoms. The van der Waals surface area contributed by atoms with Gasteiger partial charge in [0.15, 0.2) is 5.78 Å². The maximum absolute atomic E-state index is 14.4. The van der Waals surface area contributed by atoms with Gasteiger partial charge in [-0.25, -0.2) is 4.79 Å². The Bertz CT molecular complexity index is 1770. The molecule has 0 aromatic heterocycles. The fourth-order valence-corrected chi connectivity index (χ4v) is 10.2. The summed E-state index contributed by atoms with van der Waals surface area (Å²) in [5, 5.41) is 33.9. The molecule has 4 aliphatic rings. The first-order valence-electron chi connectivity index (χ1n) is 24.5. The topological polar surface area (TPSA) is 195 Å². The maximum Gasteiger partial charge on any atom is 0.329 e. The highest BCUT2D eigenvalue weighted by Gasteiger charge is 2.53. The number of piperidine rings is 1. The van der Waals surface area contributed by atoms with E-state index in [1.807, 2.05) is 65.0 Å². The number of nitrogens with zero attached hydrogens (tertiary/aromatic N) is 1. The van der Waals surface area contributed by atoms with E-state index in [9.17, 15) is 39.3 Å². The van der Waals surface area contributed by atoms with Crippen LogP contribution in [0.3, 0.4) is 0 Å². The van der Waals surface area contributed by atoms with Gasteiger partial charge in [0.25, 0.3) is 11.7 Å². The molecule has 3 N–H and O–H groups in total. The fraction of sp³-hybridized carbons (Fsp3) is 0.750. The molecule has 372 valence electrons. The summed E-state index contributed by atoms with van der Waals surface area (Å²) in [6, 6.07) is -1.14. The summed E-state index contributed by atoms with van der Waals surface area (Å²) in [4.78, 5) is 71.9. The number of cyclic esters (lactones) is 1. The zero-order chi connectivity index (χ0) is 48.9. The zero-order valence-corrected chi connectivity index (χ0v) is 41.3. The van der Waals surface area contributed by atoms with Crippen molar-refractivity contribution in [1.82, 2.24) is 4.90 Å². The van der Waals surface area contributed by atoms with E-state index in [0.29, 0.717) is 70.0 Å². The van der Waals surface area contributed by atoms with Crippen LogP contribution in [0.15, 0.2) is 47.6 Å². The number of ether oxygens (including phenoxy) is 5. The number of esters is 1. The van der Waals surface area contributed by atoms with Gasteiger partial charge in [-0.05, 0) is 114 Å². The third-order valence-electron chi connectivity index (χ3n) is 14.6. The highest BCUT2D eigenvalue weighted by atomic mass is 16.6. The molecule has 3 fully saturated rings. The Labute approximate surface area is 393 Å². The first kappa shape index (κ1) is 55.2. The van der Waals surface area contributed by atoms with Gasteiger partial charge >= 0.3 is 5.97 Å². The second-order valence-electron chi connectivity index (χ2n) is 19.8. The predicted molar refractivity (Wildman–Crippen MR) is 250 cm³/mol. The normalized spacial score (nSPS) is 37.4. The van der Waals surface area contributed by atoms with Crippen LogP contribution in [0.5, 0.6) is 0 Å². The Morgan fingerprint density at radius 2 is 1.61 bits per heavy atom. The number of aliphatic hydroxyl groups excluding tert-OH is 2. The molecule has 1 saturated carbocycles. The van der Waals surface area contributed by atoms with E-state index in [4.69, 9.17) is 23.7 Å². The summed E-state index contributed by atoms with van der Waals surface area (Å²) < 4.78 is 29.7. The number of hydrogen-bond donors (Lipinski definition) is 3. The van der Waals surface area contributed by atoms with E-state index in [1.165, 1.54) is 12.0 Å². The van der Waals surface area contributed by atoms with Gasteiger partial charge in [-0.3, -0.25) is 19.2 Å². The molecular formula is C52H81NO13. The van der Waals surface area contributed by atoms with Gasteiger partial charge < -0.3 is 43.9 Å². The molecule has 15 atom stereocenters. The molecule has 66 heavy (non-hydrogen) atoms. The number of ketones is 3. The van der Waals surface area contributed by atoms with Crippen LogP contribution in [0.25, 0.3) is 0 Å². The van der Waals surface area contributed by atoms with Crippen molar-refractivity contribution < 1.29 is 63.0 Å². The first-order valence-corrected chi connectivity index (χ1v) is 24.5. The van der Waals surface area contributed by atoms with E-state index in [-0.39, 0.29) is 54.8 Å². The Balaban J connectivity index is 1.71. The van der Waals surface area contributed by atoms with Crippen LogP contribution >= 0.6 is 0 Å². The van der Waals surface area contributed by atoms with E-state index in [0.717, 1.165) is 12.0 Å². The number of methoxy groups -OCH3 is 2.